The van der Waals surface area contributed by atoms with Crippen molar-refractivity contribution in [3.05, 3.63) is 64.5 Å². The Bertz CT molecular complexity index is 753. The molecule has 0 atom stereocenters. The third-order valence-electron chi connectivity index (χ3n) is 3.49. The summed E-state index contributed by atoms with van der Waals surface area (Å²) in [5, 5.41) is 8.92. The topological polar surface area (TPSA) is 63.6 Å². The molecule has 0 amide bonds. The molecule has 0 fully saturated rings. The van der Waals surface area contributed by atoms with Crippen molar-refractivity contribution >= 4 is 11.8 Å². The summed E-state index contributed by atoms with van der Waals surface area (Å²) in [6.07, 6.45) is 0.211. The second-order valence-electron chi connectivity index (χ2n) is 5.33. The van der Waals surface area contributed by atoms with Crippen LogP contribution in [-0.4, -0.2) is 24.0 Å². The fourth-order valence-electron chi connectivity index (χ4n) is 2.39. The van der Waals surface area contributed by atoms with E-state index in [9.17, 15) is 14.0 Å². The summed E-state index contributed by atoms with van der Waals surface area (Å²) in [4.78, 5) is 23.2. The lowest BCUT2D eigenvalue weighted by atomic mass is 9.99. The minimum Gasteiger partial charge on any atom is -0.496 e. The number of ketones is 1. The third-order valence-corrected chi connectivity index (χ3v) is 3.49. The van der Waals surface area contributed by atoms with Crippen LogP contribution in [0.4, 0.5) is 4.39 Å². The molecular weight excluding hydrogens is 299 g/mol. The first-order valence-electron chi connectivity index (χ1n) is 7.07. The molecule has 0 radical (unpaired) electrons. The van der Waals surface area contributed by atoms with Gasteiger partial charge in [-0.05, 0) is 30.7 Å². The van der Waals surface area contributed by atoms with E-state index in [1.807, 2.05) is 19.1 Å². The Hall–Kier alpha value is -2.69. The molecule has 4 nitrogen and oxygen atoms in total. The van der Waals surface area contributed by atoms with Crippen LogP contribution in [0, 0.1) is 12.7 Å². The molecule has 0 saturated carbocycles. The number of benzene rings is 2. The predicted octanol–water partition coefficient (Wildman–Crippen LogP) is 3.20. The second-order valence-corrected chi connectivity index (χ2v) is 5.33. The highest BCUT2D eigenvalue weighted by Gasteiger charge is 2.14. The van der Waals surface area contributed by atoms with Crippen LogP contribution in [-0.2, 0) is 17.6 Å². The highest BCUT2D eigenvalue weighted by Crippen LogP contribution is 2.21. The van der Waals surface area contributed by atoms with E-state index in [1.54, 1.807) is 6.07 Å². The summed E-state index contributed by atoms with van der Waals surface area (Å²) in [7, 11) is 1.54. The zero-order valence-corrected chi connectivity index (χ0v) is 12.9. The number of carbonyl (C=O) groups excluding carboxylic acids is 1. The number of hydrogen-bond donors (Lipinski definition) is 1. The van der Waals surface area contributed by atoms with Gasteiger partial charge in [-0.3, -0.25) is 4.79 Å². The molecule has 120 valence electrons. The summed E-state index contributed by atoms with van der Waals surface area (Å²) in [5.41, 5.74) is 1.84. The quantitative estimate of drug-likeness (QED) is 0.889. The van der Waals surface area contributed by atoms with E-state index in [4.69, 9.17) is 9.84 Å². The highest BCUT2D eigenvalue weighted by molar-refractivity contribution is 5.89. The number of methoxy groups -OCH3 is 1. The van der Waals surface area contributed by atoms with E-state index >= 15 is 0 Å². The molecule has 0 aliphatic rings. The van der Waals surface area contributed by atoms with Crippen molar-refractivity contribution in [1.29, 1.82) is 0 Å². The molecule has 2 aromatic carbocycles. The highest BCUT2D eigenvalue weighted by atomic mass is 19.1. The van der Waals surface area contributed by atoms with Gasteiger partial charge in [0.2, 0.25) is 0 Å². The van der Waals surface area contributed by atoms with Crippen LogP contribution in [0.1, 0.15) is 27.0 Å². The normalized spacial score (nSPS) is 10.4. The lowest BCUT2D eigenvalue weighted by Crippen LogP contribution is -2.09. The Morgan fingerprint density at radius 3 is 2.52 bits per heavy atom. The molecule has 0 aliphatic heterocycles. The van der Waals surface area contributed by atoms with Crippen molar-refractivity contribution in [3.63, 3.8) is 0 Å². The van der Waals surface area contributed by atoms with Gasteiger partial charge in [0.25, 0.3) is 0 Å². The number of aryl methyl sites for hydroxylation is 1. The van der Waals surface area contributed by atoms with Gasteiger partial charge in [0.05, 0.1) is 12.7 Å². The standard InChI is InChI=1S/C18H17FO4/c1-11-3-6-17(23-2)13(7-11)10-14(20)8-12-4-5-16(19)15(9-12)18(21)22/h3-7,9H,8,10H2,1-2H3,(H,21,22). The zero-order valence-electron chi connectivity index (χ0n) is 12.9. The lowest BCUT2D eigenvalue weighted by molar-refractivity contribution is -0.117. The van der Waals surface area contributed by atoms with Crippen LogP contribution in [0.2, 0.25) is 0 Å². The molecule has 0 saturated heterocycles. The number of halogens is 1. The van der Waals surface area contributed by atoms with E-state index < -0.39 is 17.3 Å². The van der Waals surface area contributed by atoms with Crippen molar-refractivity contribution in [2.45, 2.75) is 19.8 Å². The SMILES string of the molecule is COc1ccc(C)cc1CC(=O)Cc1ccc(F)c(C(=O)O)c1. The van der Waals surface area contributed by atoms with Crippen molar-refractivity contribution in [1.82, 2.24) is 0 Å². The van der Waals surface area contributed by atoms with E-state index in [1.165, 1.54) is 19.2 Å². The largest absolute Gasteiger partial charge is 0.496 e. The van der Waals surface area contributed by atoms with Crippen molar-refractivity contribution in [2.75, 3.05) is 7.11 Å². The lowest BCUT2D eigenvalue weighted by Gasteiger charge is -2.09. The summed E-state index contributed by atoms with van der Waals surface area (Å²) in [6, 6.07) is 9.27. The van der Waals surface area contributed by atoms with Gasteiger partial charge in [-0.15, -0.1) is 0 Å². The van der Waals surface area contributed by atoms with Crippen molar-refractivity contribution in [3.8, 4) is 5.75 Å². The van der Waals surface area contributed by atoms with E-state index in [0.717, 1.165) is 17.2 Å². The van der Waals surface area contributed by atoms with Crippen molar-refractivity contribution < 1.29 is 23.8 Å². The van der Waals surface area contributed by atoms with E-state index in [0.29, 0.717) is 11.3 Å². The number of ether oxygens (including phenoxy) is 1. The molecule has 0 aromatic heterocycles. The summed E-state index contributed by atoms with van der Waals surface area (Å²) < 4.78 is 18.6. The first kappa shape index (κ1) is 16.7. The summed E-state index contributed by atoms with van der Waals surface area (Å²) in [5.74, 6) is -1.63. The smallest absolute Gasteiger partial charge is 0.338 e. The summed E-state index contributed by atoms with van der Waals surface area (Å²) in [6.45, 7) is 1.92. The number of Topliss-reactive ketones (excluding diaryl/α,β-unsaturated/α-hetero) is 1. The van der Waals surface area contributed by atoms with Crippen LogP contribution in [0.5, 0.6) is 5.75 Å². The molecule has 0 bridgehead atoms. The maximum atomic E-state index is 13.4. The number of carbonyl (C=O) groups is 2. The first-order valence-corrected chi connectivity index (χ1v) is 7.07. The van der Waals surface area contributed by atoms with Gasteiger partial charge < -0.3 is 9.84 Å². The number of aromatic carboxylic acids is 1. The van der Waals surface area contributed by atoms with Crippen LogP contribution >= 0.6 is 0 Å². The number of hydrogen-bond acceptors (Lipinski definition) is 3. The number of carboxylic acids is 1. The van der Waals surface area contributed by atoms with Crippen LogP contribution in [0.25, 0.3) is 0 Å². The van der Waals surface area contributed by atoms with Gasteiger partial charge in [-0.2, -0.15) is 0 Å². The fraction of sp³-hybridized carbons (Fsp3) is 0.222. The molecule has 23 heavy (non-hydrogen) atoms. The van der Waals surface area contributed by atoms with Gasteiger partial charge in [0.1, 0.15) is 17.3 Å². The zero-order chi connectivity index (χ0) is 17.0. The predicted molar refractivity (Wildman–Crippen MR) is 83.5 cm³/mol. The van der Waals surface area contributed by atoms with Crippen LogP contribution < -0.4 is 4.74 Å². The van der Waals surface area contributed by atoms with E-state index in [2.05, 4.69) is 0 Å². The maximum absolute atomic E-state index is 13.4. The molecular formula is C18H17FO4. The average molecular weight is 316 g/mol. The number of carboxylic acid groups (broad SMARTS) is 1. The Morgan fingerprint density at radius 1 is 1.13 bits per heavy atom. The van der Waals surface area contributed by atoms with E-state index in [-0.39, 0.29) is 18.6 Å². The average Bonchev–Trinajstić information content (AvgIpc) is 2.49. The van der Waals surface area contributed by atoms with Crippen LogP contribution in [0.15, 0.2) is 36.4 Å². The summed E-state index contributed by atoms with van der Waals surface area (Å²) >= 11 is 0. The fourth-order valence-corrected chi connectivity index (χ4v) is 2.39. The third kappa shape index (κ3) is 4.16. The minimum absolute atomic E-state index is 0.0393. The molecule has 0 unspecified atom stereocenters. The molecule has 5 heteroatoms. The minimum atomic E-state index is -1.35. The Morgan fingerprint density at radius 2 is 1.87 bits per heavy atom. The van der Waals surface area contributed by atoms with Crippen molar-refractivity contribution in [2.24, 2.45) is 0 Å². The molecule has 0 heterocycles. The Kier molecular flexibility index (Phi) is 5.11. The first-order chi connectivity index (χ1) is 10.9. The van der Waals surface area contributed by atoms with Gasteiger partial charge in [-0.25, -0.2) is 9.18 Å². The van der Waals surface area contributed by atoms with Gasteiger partial charge in [0.15, 0.2) is 0 Å². The second kappa shape index (κ2) is 7.05. The monoisotopic (exact) mass is 316 g/mol. The molecule has 2 aromatic rings. The van der Waals surface area contributed by atoms with Gasteiger partial charge in [0, 0.05) is 18.4 Å². The molecule has 0 spiro atoms. The maximum Gasteiger partial charge on any atom is 0.338 e. The number of rotatable bonds is 6. The molecule has 0 aliphatic carbocycles. The van der Waals surface area contributed by atoms with Gasteiger partial charge in [-0.1, -0.05) is 23.8 Å². The molecule has 2 rings (SSSR count). The van der Waals surface area contributed by atoms with Gasteiger partial charge >= 0.3 is 5.97 Å². The Labute approximate surface area is 133 Å². The van der Waals surface area contributed by atoms with Crippen LogP contribution in [0.3, 0.4) is 0 Å². The molecule has 1 N–H and O–H groups in total. The Balaban J connectivity index is 2.16.